The van der Waals surface area contributed by atoms with Crippen molar-refractivity contribution in [3.05, 3.63) is 64.2 Å². The molecule has 0 fully saturated rings. The van der Waals surface area contributed by atoms with Crippen molar-refractivity contribution in [2.45, 2.75) is 106 Å². The summed E-state index contributed by atoms with van der Waals surface area (Å²) in [5.41, 5.74) is 4.62. The number of anilines is 1. The van der Waals surface area contributed by atoms with Gasteiger partial charge in [0.2, 0.25) is 5.91 Å². The summed E-state index contributed by atoms with van der Waals surface area (Å²) in [5, 5.41) is 5.93. The van der Waals surface area contributed by atoms with Crippen LogP contribution in [0.1, 0.15) is 88.7 Å². The fourth-order valence-corrected chi connectivity index (χ4v) is 4.71. The largest absolute Gasteiger partial charge is 0.444 e. The second kappa shape index (κ2) is 13.1. The van der Waals surface area contributed by atoms with Gasteiger partial charge in [-0.1, -0.05) is 62.2 Å². The van der Waals surface area contributed by atoms with Gasteiger partial charge in [0.1, 0.15) is 17.7 Å². The molecular weight excluding hydrogens is 490 g/mol. The Labute approximate surface area is 234 Å². The van der Waals surface area contributed by atoms with Crippen molar-refractivity contribution in [3.63, 3.8) is 0 Å². The SMILES string of the molecule is CCC(C)C(NC(=O)OC(C)(C)C)C(=O)N(C(C)C)C(C(=O)Nc1c(C)cccc1C)c1ccc(C)cc1C. The lowest BCUT2D eigenvalue weighted by Gasteiger charge is -2.39. The summed E-state index contributed by atoms with van der Waals surface area (Å²) in [6.07, 6.45) is -0.00561. The number of aryl methyl sites for hydroxylation is 4. The van der Waals surface area contributed by atoms with Gasteiger partial charge >= 0.3 is 6.09 Å². The van der Waals surface area contributed by atoms with E-state index < -0.39 is 23.8 Å². The minimum absolute atomic E-state index is 0.187. The fourth-order valence-electron chi connectivity index (χ4n) is 4.71. The van der Waals surface area contributed by atoms with Gasteiger partial charge in [-0.05, 0) is 90.5 Å². The Morgan fingerprint density at radius 2 is 1.51 bits per heavy atom. The Kier molecular flexibility index (Phi) is 10.7. The van der Waals surface area contributed by atoms with Crippen LogP contribution >= 0.6 is 0 Å². The molecule has 214 valence electrons. The summed E-state index contributed by atoms with van der Waals surface area (Å²) in [4.78, 5) is 42.9. The van der Waals surface area contributed by atoms with Crippen LogP contribution in [-0.4, -0.2) is 40.5 Å². The van der Waals surface area contributed by atoms with Crippen LogP contribution in [0, 0.1) is 33.6 Å². The number of rotatable bonds is 9. The van der Waals surface area contributed by atoms with E-state index in [1.54, 1.807) is 25.7 Å². The first kappa shape index (κ1) is 31.9. The second-order valence-electron chi connectivity index (χ2n) is 11.9. The number of nitrogens with zero attached hydrogens (tertiary/aromatic N) is 1. The molecule has 0 aliphatic rings. The fraction of sp³-hybridized carbons (Fsp3) is 0.531. The highest BCUT2D eigenvalue weighted by molar-refractivity contribution is 6.00. The number of para-hydroxylation sites is 1. The van der Waals surface area contributed by atoms with Crippen molar-refractivity contribution < 1.29 is 19.1 Å². The zero-order valence-electron chi connectivity index (χ0n) is 25.6. The molecule has 0 heterocycles. The smallest absolute Gasteiger partial charge is 0.408 e. The number of nitrogens with one attached hydrogen (secondary N) is 2. The van der Waals surface area contributed by atoms with E-state index in [0.717, 1.165) is 33.5 Å². The van der Waals surface area contributed by atoms with Crippen LogP contribution in [0.25, 0.3) is 0 Å². The minimum Gasteiger partial charge on any atom is -0.444 e. The van der Waals surface area contributed by atoms with Gasteiger partial charge in [-0.3, -0.25) is 9.59 Å². The molecule has 7 nitrogen and oxygen atoms in total. The highest BCUT2D eigenvalue weighted by Gasteiger charge is 2.40. The summed E-state index contributed by atoms with van der Waals surface area (Å²) in [7, 11) is 0. The third-order valence-electron chi connectivity index (χ3n) is 6.94. The van der Waals surface area contributed by atoms with Crippen molar-refractivity contribution in [1.29, 1.82) is 0 Å². The van der Waals surface area contributed by atoms with E-state index in [4.69, 9.17) is 4.74 Å². The van der Waals surface area contributed by atoms with Gasteiger partial charge in [-0.2, -0.15) is 0 Å². The zero-order valence-corrected chi connectivity index (χ0v) is 25.6. The number of hydrogen-bond donors (Lipinski definition) is 2. The molecule has 3 atom stereocenters. The quantitative estimate of drug-likeness (QED) is 0.369. The highest BCUT2D eigenvalue weighted by atomic mass is 16.6. The van der Waals surface area contributed by atoms with Crippen molar-refractivity contribution in [2.75, 3.05) is 5.32 Å². The first-order valence-electron chi connectivity index (χ1n) is 13.8. The van der Waals surface area contributed by atoms with E-state index in [1.165, 1.54) is 0 Å². The molecule has 39 heavy (non-hydrogen) atoms. The standard InChI is InChI=1S/C32H47N3O4/c1-12-21(5)27(34-31(38)39-32(9,10)11)30(37)35(19(2)3)28(25-17-16-20(4)18-24(25)8)29(36)33-26-22(6)14-13-15-23(26)7/h13-19,21,27-28H,12H2,1-11H3,(H,33,36)(H,34,38). The van der Waals surface area contributed by atoms with Gasteiger partial charge in [0, 0.05) is 11.7 Å². The monoisotopic (exact) mass is 537 g/mol. The Balaban J connectivity index is 2.63. The maximum Gasteiger partial charge on any atom is 0.408 e. The summed E-state index contributed by atoms with van der Waals surface area (Å²) in [6, 6.07) is 9.62. The molecule has 3 amide bonds. The highest BCUT2D eigenvalue weighted by Crippen LogP contribution is 2.31. The Morgan fingerprint density at radius 3 is 2.00 bits per heavy atom. The Hall–Kier alpha value is -3.35. The number of carbonyl (C=O) groups is 3. The molecule has 0 radical (unpaired) electrons. The first-order chi connectivity index (χ1) is 18.1. The van der Waals surface area contributed by atoms with E-state index in [1.807, 2.05) is 91.8 Å². The summed E-state index contributed by atoms with van der Waals surface area (Å²) in [5.74, 6) is -0.818. The number of carbonyl (C=O) groups excluding carboxylic acids is 3. The molecule has 0 aliphatic heterocycles. The molecule has 2 rings (SSSR count). The van der Waals surface area contributed by atoms with Crippen LogP contribution < -0.4 is 10.6 Å². The molecule has 0 aromatic heterocycles. The van der Waals surface area contributed by atoms with Crippen LogP contribution in [0.5, 0.6) is 0 Å². The molecular formula is C32H47N3O4. The number of hydrogen-bond acceptors (Lipinski definition) is 4. The summed E-state index contributed by atoms with van der Waals surface area (Å²) in [6.45, 7) is 20.9. The molecule has 2 N–H and O–H groups in total. The van der Waals surface area contributed by atoms with Crippen LogP contribution in [-0.2, 0) is 14.3 Å². The number of amides is 3. The van der Waals surface area contributed by atoms with Crippen LogP contribution in [0.15, 0.2) is 36.4 Å². The van der Waals surface area contributed by atoms with Crippen molar-refractivity contribution in [1.82, 2.24) is 10.2 Å². The van der Waals surface area contributed by atoms with Gasteiger partial charge in [0.25, 0.3) is 5.91 Å². The molecule has 0 saturated carbocycles. The Bertz CT molecular complexity index is 1160. The topological polar surface area (TPSA) is 87.7 Å². The lowest BCUT2D eigenvalue weighted by atomic mass is 9.92. The van der Waals surface area contributed by atoms with Gasteiger partial charge < -0.3 is 20.3 Å². The van der Waals surface area contributed by atoms with Gasteiger partial charge in [-0.15, -0.1) is 0 Å². The molecule has 2 aromatic carbocycles. The van der Waals surface area contributed by atoms with Gasteiger partial charge in [0.05, 0.1) is 0 Å². The van der Waals surface area contributed by atoms with Crippen molar-refractivity contribution in [3.8, 4) is 0 Å². The maximum absolute atomic E-state index is 14.3. The predicted molar refractivity (Wildman–Crippen MR) is 158 cm³/mol. The summed E-state index contributed by atoms with van der Waals surface area (Å²) >= 11 is 0. The molecule has 3 unspecified atom stereocenters. The van der Waals surface area contributed by atoms with Gasteiger partial charge in [0.15, 0.2) is 0 Å². The number of benzene rings is 2. The first-order valence-corrected chi connectivity index (χ1v) is 13.8. The number of ether oxygens (including phenoxy) is 1. The lowest BCUT2D eigenvalue weighted by Crippen LogP contribution is -2.56. The summed E-state index contributed by atoms with van der Waals surface area (Å²) < 4.78 is 5.48. The third-order valence-corrected chi connectivity index (χ3v) is 6.94. The van der Waals surface area contributed by atoms with E-state index in [-0.39, 0.29) is 23.8 Å². The molecule has 7 heteroatoms. The second-order valence-corrected chi connectivity index (χ2v) is 11.9. The third kappa shape index (κ3) is 8.32. The van der Waals surface area contributed by atoms with Crippen LogP contribution in [0.4, 0.5) is 10.5 Å². The lowest BCUT2D eigenvalue weighted by molar-refractivity contribution is -0.144. The number of alkyl carbamates (subject to hydrolysis) is 1. The van der Waals surface area contributed by atoms with E-state index in [0.29, 0.717) is 6.42 Å². The van der Waals surface area contributed by atoms with Crippen LogP contribution in [0.2, 0.25) is 0 Å². The van der Waals surface area contributed by atoms with Crippen molar-refractivity contribution >= 4 is 23.6 Å². The average Bonchev–Trinajstić information content (AvgIpc) is 2.81. The average molecular weight is 538 g/mol. The minimum atomic E-state index is -0.913. The van der Waals surface area contributed by atoms with E-state index in [9.17, 15) is 14.4 Å². The van der Waals surface area contributed by atoms with Gasteiger partial charge in [-0.25, -0.2) is 4.79 Å². The zero-order chi connectivity index (χ0) is 29.7. The van der Waals surface area contributed by atoms with E-state index in [2.05, 4.69) is 10.6 Å². The molecule has 0 spiro atoms. The Morgan fingerprint density at radius 1 is 0.923 bits per heavy atom. The molecule has 0 saturated heterocycles. The molecule has 0 aliphatic carbocycles. The van der Waals surface area contributed by atoms with Crippen molar-refractivity contribution in [2.24, 2.45) is 5.92 Å². The predicted octanol–water partition coefficient (Wildman–Crippen LogP) is 6.78. The molecule has 0 bridgehead atoms. The maximum atomic E-state index is 14.3. The van der Waals surface area contributed by atoms with E-state index >= 15 is 0 Å². The normalized spacial score (nSPS) is 13.8. The van der Waals surface area contributed by atoms with Crippen LogP contribution in [0.3, 0.4) is 0 Å². The molecule has 2 aromatic rings.